The van der Waals surface area contributed by atoms with Crippen LogP contribution in [0, 0.1) is 5.92 Å². The van der Waals surface area contributed by atoms with Gasteiger partial charge in [0.05, 0.1) is 0 Å². The Morgan fingerprint density at radius 3 is 1.69 bits per heavy atom. The van der Waals surface area contributed by atoms with Crippen LogP contribution in [-0.4, -0.2) is 29.6 Å². The molecule has 3 aromatic carbocycles. The molecule has 0 aliphatic carbocycles. The van der Waals surface area contributed by atoms with Gasteiger partial charge in [-0.2, -0.15) is 0 Å². The van der Waals surface area contributed by atoms with Gasteiger partial charge < -0.3 is 15.0 Å². The third-order valence-corrected chi connectivity index (χ3v) is 5.58. The summed E-state index contributed by atoms with van der Waals surface area (Å²) in [6, 6.07) is 28.3. The maximum Gasteiger partial charge on any atom is 0.329 e. The van der Waals surface area contributed by atoms with Crippen molar-refractivity contribution in [2.45, 2.75) is 58.7 Å². The van der Waals surface area contributed by atoms with Gasteiger partial charge in [-0.3, -0.25) is 4.79 Å². The molecule has 0 saturated heterocycles. The smallest absolute Gasteiger partial charge is 0.329 e. The Labute approximate surface area is 209 Å². The molecule has 2 atom stereocenters. The van der Waals surface area contributed by atoms with E-state index in [-0.39, 0.29) is 11.8 Å². The van der Waals surface area contributed by atoms with Crippen LogP contribution >= 0.6 is 0 Å². The van der Waals surface area contributed by atoms with Crippen LogP contribution in [0.15, 0.2) is 91.0 Å². The van der Waals surface area contributed by atoms with E-state index in [0.717, 1.165) is 16.9 Å². The molecule has 184 valence electrons. The first-order valence-corrected chi connectivity index (χ1v) is 12.1. The van der Waals surface area contributed by atoms with Crippen molar-refractivity contribution in [1.29, 1.82) is 0 Å². The molecular weight excluding hydrogens is 435 g/mol. The zero-order chi connectivity index (χ0) is 25.4. The molecule has 5 heteroatoms. The summed E-state index contributed by atoms with van der Waals surface area (Å²) >= 11 is 0. The minimum absolute atomic E-state index is 0.131. The zero-order valence-corrected chi connectivity index (χ0v) is 21.3. The number of carbonyl (C=O) groups is 2. The number of nitrogens with one attached hydrogen (secondary N) is 1. The number of ether oxygens (including phenoxy) is 1. The quantitative estimate of drug-likeness (QED) is 0.394. The normalized spacial score (nSPS) is 13.1. The molecule has 0 aromatic heterocycles. The average molecular weight is 472 g/mol. The third-order valence-electron chi connectivity index (χ3n) is 5.58. The minimum atomic E-state index is -0.756. The largest absolute Gasteiger partial charge is 0.458 e. The lowest BCUT2D eigenvalue weighted by Gasteiger charge is -2.35. The van der Waals surface area contributed by atoms with Crippen molar-refractivity contribution in [1.82, 2.24) is 5.32 Å². The summed E-state index contributed by atoms with van der Waals surface area (Å²) in [7, 11) is 0. The fourth-order valence-electron chi connectivity index (χ4n) is 3.94. The Hall–Kier alpha value is -3.60. The van der Waals surface area contributed by atoms with Gasteiger partial charge in [0.25, 0.3) is 0 Å². The third kappa shape index (κ3) is 7.44. The Bertz CT molecular complexity index is 1040. The van der Waals surface area contributed by atoms with Gasteiger partial charge in [0.2, 0.25) is 5.91 Å². The number of benzene rings is 3. The lowest BCUT2D eigenvalue weighted by Crippen LogP contribution is -2.54. The van der Waals surface area contributed by atoms with Crippen LogP contribution < -0.4 is 10.2 Å². The van der Waals surface area contributed by atoms with Crippen molar-refractivity contribution in [3.63, 3.8) is 0 Å². The lowest BCUT2D eigenvalue weighted by atomic mass is 9.71. The van der Waals surface area contributed by atoms with Gasteiger partial charge in [-0.1, -0.05) is 80.6 Å². The lowest BCUT2D eigenvalue weighted by molar-refractivity contribution is -0.160. The van der Waals surface area contributed by atoms with Gasteiger partial charge in [0.15, 0.2) is 0 Å². The molecular formula is C30H36N2O3. The monoisotopic (exact) mass is 471 g/mol. The number of anilines is 2. The number of nitrogens with zero attached hydrogens (tertiary/aromatic N) is 1. The van der Waals surface area contributed by atoms with E-state index in [9.17, 15) is 9.59 Å². The van der Waals surface area contributed by atoms with Crippen molar-refractivity contribution in [3.8, 4) is 0 Å². The van der Waals surface area contributed by atoms with Crippen molar-refractivity contribution in [3.05, 3.63) is 96.6 Å². The Balaban J connectivity index is 2.02. The van der Waals surface area contributed by atoms with E-state index in [4.69, 9.17) is 4.74 Å². The maximum absolute atomic E-state index is 14.0. The standard InChI is InChI=1S/C30H36N2O3/c1-22(2)27(29(34)35-30(3,4)5)31-28(33)26(21-23-15-9-6-10-16-23)32(24-17-11-7-12-18-24)25-19-13-8-14-20-25/h6-20,22,26-27H,21H2,1-5H3,(H,31,33)/t26-,27-/m1/s1/i21-1. The summed E-state index contributed by atoms with van der Waals surface area (Å²) in [6.07, 6.45) is 0.468. The van der Waals surface area contributed by atoms with Gasteiger partial charge in [0.1, 0.15) is 17.7 Å². The molecule has 0 aliphatic heterocycles. The molecule has 0 spiro atoms. The fraction of sp³-hybridized carbons (Fsp3) is 0.333. The van der Waals surface area contributed by atoms with Crippen LogP contribution in [0.1, 0.15) is 40.2 Å². The minimum Gasteiger partial charge on any atom is -0.458 e. The molecule has 0 heterocycles. The number of amides is 1. The van der Waals surface area contributed by atoms with Gasteiger partial charge in [0, 0.05) is 17.8 Å². The van der Waals surface area contributed by atoms with Crippen LogP contribution in [0.4, 0.5) is 11.4 Å². The summed E-state index contributed by atoms with van der Waals surface area (Å²) in [5.74, 6) is -0.788. The number of esters is 1. The molecule has 3 aromatic rings. The fourth-order valence-corrected chi connectivity index (χ4v) is 3.94. The second-order valence-electron chi connectivity index (χ2n) is 10.0. The first-order valence-electron chi connectivity index (χ1n) is 12.1. The Morgan fingerprint density at radius 1 is 0.800 bits per heavy atom. The van der Waals surface area contributed by atoms with E-state index >= 15 is 0 Å². The van der Waals surface area contributed by atoms with Gasteiger partial charge in [-0.25, -0.2) is 4.79 Å². The average Bonchev–Trinajstić information content (AvgIpc) is 2.82. The zero-order valence-electron chi connectivity index (χ0n) is 21.3. The highest BCUT2D eigenvalue weighted by atomic mass is 16.6. The predicted octanol–water partition coefficient (Wildman–Crippen LogP) is 5.92. The number of hydrogen-bond donors (Lipinski definition) is 1. The summed E-state index contributed by atoms with van der Waals surface area (Å²) < 4.78 is 5.62. The molecule has 35 heavy (non-hydrogen) atoms. The molecule has 0 radical (unpaired) electrons. The highest BCUT2D eigenvalue weighted by Gasteiger charge is 2.34. The molecule has 0 bridgehead atoms. The van der Waals surface area contributed by atoms with E-state index in [1.54, 1.807) is 0 Å². The molecule has 1 amide bonds. The van der Waals surface area contributed by atoms with E-state index < -0.39 is 23.7 Å². The van der Waals surface area contributed by atoms with Crippen molar-refractivity contribution in [2.75, 3.05) is 4.90 Å². The molecule has 0 unspecified atom stereocenters. The van der Waals surface area contributed by atoms with Gasteiger partial charge in [-0.05, 0) is 56.5 Å². The molecule has 3 rings (SSSR count). The molecule has 1 N–H and O–H groups in total. The number of rotatable bonds is 9. The number of carbonyl (C=O) groups excluding carboxylic acids is 2. The topological polar surface area (TPSA) is 58.6 Å². The Morgan fingerprint density at radius 2 is 1.26 bits per heavy atom. The van der Waals surface area contributed by atoms with E-state index in [2.05, 4.69) is 5.32 Å². The second-order valence-corrected chi connectivity index (χ2v) is 10.0. The summed E-state index contributed by atoms with van der Waals surface area (Å²) in [5.41, 5.74) is 2.18. The van der Waals surface area contributed by atoms with Gasteiger partial charge >= 0.3 is 5.97 Å². The van der Waals surface area contributed by atoms with Crippen molar-refractivity contribution in [2.24, 2.45) is 5.92 Å². The first kappa shape index (κ1) is 26.0. The molecule has 0 aliphatic rings. The van der Waals surface area contributed by atoms with Crippen LogP contribution in [-0.2, 0) is 20.7 Å². The van der Waals surface area contributed by atoms with E-state index in [1.807, 2.05) is 131 Å². The molecule has 0 fully saturated rings. The van der Waals surface area contributed by atoms with Crippen LogP contribution in [0.3, 0.4) is 0 Å². The highest BCUT2D eigenvalue weighted by molar-refractivity contribution is 5.92. The van der Waals surface area contributed by atoms with Crippen molar-refractivity contribution < 1.29 is 14.3 Å². The Kier molecular flexibility index (Phi) is 8.69. The van der Waals surface area contributed by atoms with Crippen LogP contribution in [0.5, 0.6) is 0 Å². The van der Waals surface area contributed by atoms with E-state index in [0.29, 0.717) is 6.42 Å². The molecule has 0 saturated carbocycles. The number of hydrogen-bond acceptors (Lipinski definition) is 4. The molecule has 5 nitrogen and oxygen atoms in total. The van der Waals surface area contributed by atoms with Crippen LogP contribution in [0.2, 0.25) is 0 Å². The summed E-state index contributed by atoms with van der Waals surface area (Å²) in [5, 5.41) is 3.02. The van der Waals surface area contributed by atoms with E-state index in [1.165, 1.54) is 0 Å². The first-order chi connectivity index (χ1) is 16.7. The second kappa shape index (κ2) is 11.7. The van der Waals surface area contributed by atoms with Crippen molar-refractivity contribution >= 4 is 23.3 Å². The van der Waals surface area contributed by atoms with Crippen LogP contribution in [0.25, 0.3) is 0 Å². The SMILES string of the molecule is CC(C)[C@@H](NC(=O)[C@@H]([11CH2]c1ccccc1)N(c1ccccc1)c1ccccc1)C(=O)OC(C)(C)C. The highest BCUT2D eigenvalue weighted by Crippen LogP contribution is 2.29. The maximum atomic E-state index is 14.0. The summed E-state index contributed by atoms with van der Waals surface area (Å²) in [6.45, 7) is 9.30. The predicted molar refractivity (Wildman–Crippen MR) is 142 cm³/mol. The number of para-hydroxylation sites is 2. The summed E-state index contributed by atoms with van der Waals surface area (Å²) in [4.78, 5) is 29.0. The van der Waals surface area contributed by atoms with Gasteiger partial charge in [-0.15, -0.1) is 0 Å².